The predicted octanol–water partition coefficient (Wildman–Crippen LogP) is 3.87. The van der Waals surface area contributed by atoms with Crippen LogP contribution in [-0.2, 0) is 0 Å². The lowest BCUT2D eigenvalue weighted by molar-refractivity contribution is 0.591. The van der Waals surface area contributed by atoms with E-state index in [1.165, 1.54) is 17.8 Å². The van der Waals surface area contributed by atoms with Gasteiger partial charge in [-0.2, -0.15) is 0 Å². The van der Waals surface area contributed by atoms with Crippen LogP contribution in [0.15, 0.2) is 52.5 Å². The van der Waals surface area contributed by atoms with E-state index in [1.54, 1.807) is 6.07 Å². The molecule has 0 saturated heterocycles. The zero-order valence-corrected chi connectivity index (χ0v) is 11.7. The van der Waals surface area contributed by atoms with Crippen molar-refractivity contribution in [1.29, 1.82) is 0 Å². The molecule has 3 nitrogen and oxygen atoms in total. The second-order valence-electron chi connectivity index (χ2n) is 4.61. The number of hydrogen-bond acceptors (Lipinski definition) is 3. The Morgan fingerprint density at radius 3 is 2.75 bits per heavy atom. The Morgan fingerprint density at radius 2 is 2.00 bits per heavy atom. The minimum Gasteiger partial charge on any atom is -0.333 e. The lowest BCUT2D eigenvalue weighted by atomic mass is 10.1. The van der Waals surface area contributed by atoms with Gasteiger partial charge in [0.25, 0.3) is 0 Å². The van der Waals surface area contributed by atoms with Crippen LogP contribution in [0.4, 0.5) is 4.39 Å². The van der Waals surface area contributed by atoms with E-state index < -0.39 is 0 Å². The number of aromatic nitrogens is 2. The van der Waals surface area contributed by atoms with Crippen molar-refractivity contribution in [3.8, 4) is 0 Å². The fourth-order valence-electron chi connectivity index (χ4n) is 2.07. The molecule has 3 aromatic rings. The topological polar surface area (TPSA) is 54.7 Å². The van der Waals surface area contributed by atoms with Gasteiger partial charge in [0.15, 0.2) is 5.16 Å². The Bertz CT molecular complexity index is 719. The minimum atomic E-state index is -0.273. The van der Waals surface area contributed by atoms with Crippen molar-refractivity contribution < 1.29 is 4.39 Å². The molecule has 1 heterocycles. The summed E-state index contributed by atoms with van der Waals surface area (Å²) < 4.78 is 14.0. The third kappa shape index (κ3) is 2.42. The van der Waals surface area contributed by atoms with Crippen LogP contribution < -0.4 is 5.73 Å². The normalized spacial score (nSPS) is 12.8. The second kappa shape index (κ2) is 5.26. The van der Waals surface area contributed by atoms with Gasteiger partial charge < -0.3 is 10.7 Å². The molecule has 1 unspecified atom stereocenters. The van der Waals surface area contributed by atoms with Crippen LogP contribution >= 0.6 is 11.8 Å². The second-order valence-corrected chi connectivity index (χ2v) is 5.61. The van der Waals surface area contributed by atoms with E-state index in [-0.39, 0.29) is 11.9 Å². The number of H-pyrrole nitrogens is 1. The van der Waals surface area contributed by atoms with Crippen LogP contribution in [0, 0.1) is 5.82 Å². The van der Waals surface area contributed by atoms with Gasteiger partial charge in [0.05, 0.1) is 15.9 Å². The van der Waals surface area contributed by atoms with Gasteiger partial charge in [-0.1, -0.05) is 24.3 Å². The maximum absolute atomic E-state index is 14.0. The maximum atomic E-state index is 14.0. The molecule has 2 aromatic carbocycles. The van der Waals surface area contributed by atoms with Crippen molar-refractivity contribution in [3.63, 3.8) is 0 Å². The van der Waals surface area contributed by atoms with E-state index in [0.29, 0.717) is 10.1 Å². The van der Waals surface area contributed by atoms with E-state index in [0.717, 1.165) is 16.6 Å². The number of nitrogens with zero attached hydrogens (tertiary/aromatic N) is 1. The van der Waals surface area contributed by atoms with Gasteiger partial charge in [-0.25, -0.2) is 9.37 Å². The van der Waals surface area contributed by atoms with Crippen LogP contribution in [0.25, 0.3) is 11.0 Å². The van der Waals surface area contributed by atoms with E-state index in [1.807, 2.05) is 37.3 Å². The summed E-state index contributed by atoms with van der Waals surface area (Å²) in [5, 5.41) is 0.665. The van der Waals surface area contributed by atoms with Gasteiger partial charge >= 0.3 is 0 Å². The predicted molar refractivity (Wildman–Crippen MR) is 79.2 cm³/mol. The Balaban J connectivity index is 2.02. The van der Waals surface area contributed by atoms with Crippen molar-refractivity contribution in [3.05, 3.63) is 53.8 Å². The summed E-state index contributed by atoms with van der Waals surface area (Å²) in [6, 6.07) is 12.5. The van der Waals surface area contributed by atoms with Gasteiger partial charge in [-0.3, -0.25) is 0 Å². The first kappa shape index (κ1) is 13.1. The largest absolute Gasteiger partial charge is 0.333 e. The number of rotatable bonds is 3. The fraction of sp³-hybridized carbons (Fsp3) is 0.133. The SMILES string of the molecule is CC(N)c1cccc(F)c1Sc1nc2ccccc2[nH]1. The molecule has 0 aliphatic carbocycles. The Kier molecular flexibility index (Phi) is 3.46. The molecule has 0 fully saturated rings. The van der Waals surface area contributed by atoms with Gasteiger partial charge in [0.2, 0.25) is 0 Å². The molecular weight excluding hydrogens is 273 g/mol. The molecule has 3 rings (SSSR count). The van der Waals surface area contributed by atoms with Crippen molar-refractivity contribution in [2.45, 2.75) is 23.0 Å². The highest BCUT2D eigenvalue weighted by molar-refractivity contribution is 7.99. The molecular formula is C15H14FN3S. The highest BCUT2D eigenvalue weighted by Gasteiger charge is 2.14. The summed E-state index contributed by atoms with van der Waals surface area (Å²) in [4.78, 5) is 8.16. The van der Waals surface area contributed by atoms with Crippen molar-refractivity contribution in [1.82, 2.24) is 9.97 Å². The van der Waals surface area contributed by atoms with Crippen molar-refractivity contribution in [2.24, 2.45) is 5.73 Å². The Labute approximate surface area is 120 Å². The molecule has 0 aliphatic rings. The minimum absolute atomic E-state index is 0.224. The lowest BCUT2D eigenvalue weighted by Crippen LogP contribution is -2.07. The quantitative estimate of drug-likeness (QED) is 0.768. The number of fused-ring (bicyclic) bond motifs is 1. The van der Waals surface area contributed by atoms with E-state index in [9.17, 15) is 4.39 Å². The van der Waals surface area contributed by atoms with Crippen LogP contribution in [0.2, 0.25) is 0 Å². The summed E-state index contributed by atoms with van der Waals surface area (Å²) >= 11 is 1.27. The summed E-state index contributed by atoms with van der Waals surface area (Å²) in [6.45, 7) is 1.84. The number of nitrogens with two attached hydrogens (primary N) is 1. The van der Waals surface area contributed by atoms with Crippen LogP contribution in [0.1, 0.15) is 18.5 Å². The van der Waals surface area contributed by atoms with Crippen LogP contribution in [0.3, 0.4) is 0 Å². The Hall–Kier alpha value is -1.85. The zero-order valence-electron chi connectivity index (χ0n) is 10.9. The van der Waals surface area contributed by atoms with Gasteiger partial charge in [0, 0.05) is 6.04 Å². The lowest BCUT2D eigenvalue weighted by Gasteiger charge is -2.11. The third-order valence-electron chi connectivity index (χ3n) is 3.05. The van der Waals surface area contributed by atoms with Crippen molar-refractivity contribution in [2.75, 3.05) is 0 Å². The summed E-state index contributed by atoms with van der Waals surface area (Å²) in [5.74, 6) is -0.273. The highest BCUT2D eigenvalue weighted by atomic mass is 32.2. The van der Waals surface area contributed by atoms with Crippen LogP contribution in [-0.4, -0.2) is 9.97 Å². The standard InChI is InChI=1S/C15H14FN3S/c1-9(17)10-5-4-6-11(16)14(10)20-15-18-12-7-2-3-8-13(12)19-15/h2-9H,17H2,1H3,(H,18,19). The first-order valence-corrected chi connectivity index (χ1v) is 7.13. The molecule has 1 aromatic heterocycles. The number of halogens is 1. The molecule has 0 bridgehead atoms. The Morgan fingerprint density at radius 1 is 1.20 bits per heavy atom. The average molecular weight is 287 g/mol. The summed E-state index contributed by atoms with van der Waals surface area (Å²) in [7, 11) is 0. The first-order chi connectivity index (χ1) is 9.65. The number of aromatic amines is 1. The molecule has 3 N–H and O–H groups in total. The average Bonchev–Trinajstić information content (AvgIpc) is 2.83. The third-order valence-corrected chi connectivity index (χ3v) is 4.08. The number of para-hydroxylation sites is 2. The maximum Gasteiger partial charge on any atom is 0.171 e. The number of imidazole rings is 1. The van der Waals surface area contributed by atoms with E-state index in [2.05, 4.69) is 9.97 Å². The van der Waals surface area contributed by atoms with Crippen molar-refractivity contribution >= 4 is 22.8 Å². The smallest absolute Gasteiger partial charge is 0.171 e. The molecule has 0 radical (unpaired) electrons. The first-order valence-electron chi connectivity index (χ1n) is 6.32. The van der Waals surface area contributed by atoms with Gasteiger partial charge in [-0.15, -0.1) is 0 Å². The molecule has 102 valence electrons. The van der Waals surface area contributed by atoms with Gasteiger partial charge in [0.1, 0.15) is 5.82 Å². The highest BCUT2D eigenvalue weighted by Crippen LogP contribution is 2.34. The van der Waals surface area contributed by atoms with E-state index in [4.69, 9.17) is 5.73 Å². The number of benzene rings is 2. The molecule has 0 saturated carbocycles. The van der Waals surface area contributed by atoms with Crippen LogP contribution in [0.5, 0.6) is 0 Å². The van der Waals surface area contributed by atoms with Gasteiger partial charge in [-0.05, 0) is 42.4 Å². The number of nitrogens with one attached hydrogen (secondary N) is 1. The molecule has 1 atom stereocenters. The number of hydrogen-bond donors (Lipinski definition) is 2. The summed E-state index contributed by atoms with van der Waals surface area (Å²) in [5.41, 5.74) is 8.50. The molecule has 20 heavy (non-hydrogen) atoms. The zero-order chi connectivity index (χ0) is 14.1. The van der Waals surface area contributed by atoms with E-state index >= 15 is 0 Å². The molecule has 5 heteroatoms. The molecule has 0 aliphatic heterocycles. The molecule has 0 amide bonds. The summed E-state index contributed by atoms with van der Waals surface area (Å²) in [6.07, 6.45) is 0. The fourth-order valence-corrected chi connectivity index (χ4v) is 3.10. The monoisotopic (exact) mass is 287 g/mol. The molecule has 0 spiro atoms.